The third-order valence-corrected chi connectivity index (χ3v) is 4.16. The molecular formula is C15H19BrN2O3. The van der Waals surface area contributed by atoms with Gasteiger partial charge in [-0.3, -0.25) is 5.84 Å². The average Bonchev–Trinajstić information content (AvgIpc) is 2.97. The molecule has 0 saturated carbocycles. The van der Waals surface area contributed by atoms with Gasteiger partial charge < -0.3 is 13.9 Å². The van der Waals surface area contributed by atoms with Crippen LogP contribution in [0, 0.1) is 0 Å². The van der Waals surface area contributed by atoms with Gasteiger partial charge >= 0.3 is 0 Å². The van der Waals surface area contributed by atoms with E-state index in [-0.39, 0.29) is 6.04 Å². The first kappa shape index (κ1) is 15.9. The monoisotopic (exact) mass is 354 g/mol. The summed E-state index contributed by atoms with van der Waals surface area (Å²) in [6.45, 7) is 2.04. The molecular weight excluding hydrogens is 336 g/mol. The van der Waals surface area contributed by atoms with Crippen LogP contribution in [0.15, 0.2) is 33.4 Å². The van der Waals surface area contributed by atoms with E-state index in [1.54, 1.807) is 20.5 Å². The Balaban J connectivity index is 2.55. The second-order valence-corrected chi connectivity index (χ2v) is 5.25. The minimum Gasteiger partial charge on any atom is -0.495 e. The van der Waals surface area contributed by atoms with Crippen molar-refractivity contribution in [2.45, 2.75) is 19.4 Å². The maximum absolute atomic E-state index is 5.77. The third kappa shape index (κ3) is 2.92. The molecule has 0 amide bonds. The number of furan rings is 1. The van der Waals surface area contributed by atoms with Crippen molar-refractivity contribution in [3.05, 3.63) is 45.8 Å². The number of aryl methyl sites for hydroxylation is 1. The number of hydrogen-bond acceptors (Lipinski definition) is 5. The lowest BCUT2D eigenvalue weighted by Gasteiger charge is -2.21. The summed E-state index contributed by atoms with van der Waals surface area (Å²) in [6, 6.07) is 5.49. The standard InChI is InChI=1S/C15H19BrN2O3/c1-4-11-9(7-8-21-11)14(18-17)10-5-6-12(19-2)13(16)15(10)20-3/h5-8,14,18H,4,17H2,1-3H3. The highest BCUT2D eigenvalue weighted by atomic mass is 79.9. The lowest BCUT2D eigenvalue weighted by Crippen LogP contribution is -2.29. The molecule has 0 fully saturated rings. The minimum atomic E-state index is -0.226. The molecule has 1 atom stereocenters. The van der Waals surface area contributed by atoms with Gasteiger partial charge in [0.1, 0.15) is 21.7 Å². The molecule has 6 heteroatoms. The van der Waals surface area contributed by atoms with Gasteiger partial charge in [0, 0.05) is 17.5 Å². The molecule has 0 bridgehead atoms. The van der Waals surface area contributed by atoms with Crippen molar-refractivity contribution >= 4 is 15.9 Å². The van der Waals surface area contributed by atoms with Crippen LogP contribution < -0.4 is 20.7 Å². The molecule has 0 aliphatic rings. The second kappa shape index (κ2) is 6.98. The van der Waals surface area contributed by atoms with E-state index in [9.17, 15) is 0 Å². The molecule has 3 N–H and O–H groups in total. The Morgan fingerprint density at radius 1 is 1.24 bits per heavy atom. The first-order valence-electron chi connectivity index (χ1n) is 6.60. The maximum atomic E-state index is 5.77. The van der Waals surface area contributed by atoms with Crippen molar-refractivity contribution in [2.24, 2.45) is 5.84 Å². The number of rotatable bonds is 6. The van der Waals surface area contributed by atoms with Crippen molar-refractivity contribution in [3.8, 4) is 11.5 Å². The molecule has 0 aliphatic carbocycles. The molecule has 1 aromatic carbocycles. The molecule has 0 saturated heterocycles. The van der Waals surface area contributed by atoms with Crippen molar-refractivity contribution in [3.63, 3.8) is 0 Å². The number of hydrazine groups is 1. The lowest BCUT2D eigenvalue weighted by atomic mass is 9.97. The molecule has 0 aliphatic heterocycles. The molecule has 5 nitrogen and oxygen atoms in total. The Bertz CT molecular complexity index is 613. The van der Waals surface area contributed by atoms with Crippen molar-refractivity contribution in [1.82, 2.24) is 5.43 Å². The highest BCUT2D eigenvalue weighted by Crippen LogP contribution is 2.41. The van der Waals surface area contributed by atoms with Gasteiger partial charge in [-0.2, -0.15) is 0 Å². The quantitative estimate of drug-likeness (QED) is 0.615. The minimum absolute atomic E-state index is 0.226. The first-order valence-corrected chi connectivity index (χ1v) is 7.39. The summed E-state index contributed by atoms with van der Waals surface area (Å²) >= 11 is 3.51. The second-order valence-electron chi connectivity index (χ2n) is 4.46. The summed E-state index contributed by atoms with van der Waals surface area (Å²) in [7, 11) is 3.23. The van der Waals surface area contributed by atoms with Crippen LogP contribution in [0.25, 0.3) is 0 Å². The molecule has 0 spiro atoms. The van der Waals surface area contributed by atoms with E-state index in [1.165, 1.54) is 0 Å². The number of nitrogens with one attached hydrogen (secondary N) is 1. The van der Waals surface area contributed by atoms with Gasteiger partial charge in [-0.1, -0.05) is 6.92 Å². The number of benzene rings is 1. The smallest absolute Gasteiger partial charge is 0.141 e. The van der Waals surface area contributed by atoms with Crippen LogP contribution in [0.1, 0.15) is 29.9 Å². The third-order valence-electron chi connectivity index (χ3n) is 3.41. The van der Waals surface area contributed by atoms with Gasteiger partial charge in [0.25, 0.3) is 0 Å². The van der Waals surface area contributed by atoms with E-state index in [1.807, 2.05) is 25.1 Å². The predicted molar refractivity (Wildman–Crippen MR) is 84.5 cm³/mol. The van der Waals surface area contributed by atoms with Gasteiger partial charge in [0.15, 0.2) is 0 Å². The van der Waals surface area contributed by atoms with E-state index in [0.717, 1.165) is 27.8 Å². The van der Waals surface area contributed by atoms with Crippen molar-refractivity contribution in [1.29, 1.82) is 0 Å². The van der Waals surface area contributed by atoms with Crippen LogP contribution in [-0.4, -0.2) is 14.2 Å². The van der Waals surface area contributed by atoms with Crippen LogP contribution in [0.3, 0.4) is 0 Å². The lowest BCUT2D eigenvalue weighted by molar-refractivity contribution is 0.382. The van der Waals surface area contributed by atoms with Crippen molar-refractivity contribution in [2.75, 3.05) is 14.2 Å². The van der Waals surface area contributed by atoms with E-state index in [2.05, 4.69) is 21.4 Å². The highest BCUT2D eigenvalue weighted by molar-refractivity contribution is 9.10. The highest BCUT2D eigenvalue weighted by Gasteiger charge is 2.24. The van der Waals surface area contributed by atoms with E-state index in [0.29, 0.717) is 11.5 Å². The number of ether oxygens (including phenoxy) is 2. The summed E-state index contributed by atoms with van der Waals surface area (Å²) in [5.41, 5.74) is 4.74. The van der Waals surface area contributed by atoms with E-state index in [4.69, 9.17) is 19.7 Å². The molecule has 21 heavy (non-hydrogen) atoms. The molecule has 114 valence electrons. The van der Waals surface area contributed by atoms with Gasteiger partial charge in [0.05, 0.1) is 26.5 Å². The van der Waals surface area contributed by atoms with Gasteiger partial charge in [-0.05, 0) is 34.1 Å². The number of methoxy groups -OCH3 is 2. The summed E-state index contributed by atoms with van der Waals surface area (Å²) in [5, 5.41) is 0. The number of halogens is 1. The Morgan fingerprint density at radius 2 is 2.00 bits per heavy atom. The summed E-state index contributed by atoms with van der Waals surface area (Å²) in [4.78, 5) is 0. The summed E-state index contributed by atoms with van der Waals surface area (Å²) in [6.07, 6.45) is 2.46. The maximum Gasteiger partial charge on any atom is 0.141 e. The zero-order valence-corrected chi connectivity index (χ0v) is 13.9. The Kier molecular flexibility index (Phi) is 5.27. The van der Waals surface area contributed by atoms with Crippen LogP contribution in [-0.2, 0) is 6.42 Å². The average molecular weight is 355 g/mol. The van der Waals surface area contributed by atoms with E-state index >= 15 is 0 Å². The fourth-order valence-corrected chi connectivity index (χ4v) is 3.07. The first-order chi connectivity index (χ1) is 10.2. The zero-order valence-electron chi connectivity index (χ0n) is 12.3. The Hall–Kier alpha value is -1.50. The molecule has 1 heterocycles. The number of nitrogens with two attached hydrogens (primary N) is 1. The summed E-state index contributed by atoms with van der Waals surface area (Å²) < 4.78 is 17.1. The van der Waals surface area contributed by atoms with Gasteiger partial charge in [-0.15, -0.1) is 0 Å². The van der Waals surface area contributed by atoms with Crippen LogP contribution in [0.5, 0.6) is 11.5 Å². The molecule has 1 unspecified atom stereocenters. The number of hydrogen-bond donors (Lipinski definition) is 2. The topological polar surface area (TPSA) is 69.7 Å². The molecule has 1 aromatic heterocycles. The van der Waals surface area contributed by atoms with Crippen LogP contribution >= 0.6 is 15.9 Å². The van der Waals surface area contributed by atoms with Gasteiger partial charge in [0.2, 0.25) is 0 Å². The predicted octanol–water partition coefficient (Wildman–Crippen LogP) is 3.17. The molecule has 0 radical (unpaired) electrons. The van der Waals surface area contributed by atoms with Crippen LogP contribution in [0.4, 0.5) is 0 Å². The summed E-state index contributed by atoms with van der Waals surface area (Å²) in [5.74, 6) is 8.05. The fourth-order valence-electron chi connectivity index (χ4n) is 2.39. The fraction of sp³-hybridized carbons (Fsp3) is 0.333. The molecule has 2 aromatic rings. The van der Waals surface area contributed by atoms with Gasteiger partial charge in [-0.25, -0.2) is 5.43 Å². The Morgan fingerprint density at radius 3 is 2.57 bits per heavy atom. The molecule has 2 rings (SSSR count). The SMILES string of the molecule is CCc1occc1C(NN)c1ccc(OC)c(Br)c1OC. The largest absolute Gasteiger partial charge is 0.495 e. The van der Waals surface area contributed by atoms with E-state index < -0.39 is 0 Å². The normalized spacial score (nSPS) is 12.2. The Labute approximate surface area is 132 Å². The zero-order chi connectivity index (χ0) is 15.4. The van der Waals surface area contributed by atoms with Crippen molar-refractivity contribution < 1.29 is 13.9 Å². The van der Waals surface area contributed by atoms with Crippen LogP contribution in [0.2, 0.25) is 0 Å².